The van der Waals surface area contributed by atoms with Gasteiger partial charge in [-0.05, 0) is 26.9 Å². The fourth-order valence-electron chi connectivity index (χ4n) is 1.43. The number of rotatable bonds is 8. The summed E-state index contributed by atoms with van der Waals surface area (Å²) in [6, 6.07) is -0.0844. The molecule has 0 saturated heterocycles. The summed E-state index contributed by atoms with van der Waals surface area (Å²) in [7, 11) is -3.27. The van der Waals surface area contributed by atoms with Crippen LogP contribution in [0, 0.1) is 0 Å². The second kappa shape index (κ2) is 7.21. The van der Waals surface area contributed by atoms with E-state index in [9.17, 15) is 8.42 Å². The van der Waals surface area contributed by atoms with Crippen molar-refractivity contribution in [1.82, 2.24) is 9.62 Å². The van der Waals surface area contributed by atoms with Crippen LogP contribution < -0.4 is 10.5 Å². The zero-order chi connectivity index (χ0) is 12.8. The summed E-state index contributed by atoms with van der Waals surface area (Å²) in [5.41, 5.74) is 5.36. The van der Waals surface area contributed by atoms with Crippen molar-refractivity contribution in [2.75, 3.05) is 26.2 Å². The normalized spacial score (nSPS) is 16.4. The molecule has 0 bridgehead atoms. The van der Waals surface area contributed by atoms with Crippen LogP contribution in [0.4, 0.5) is 0 Å². The van der Waals surface area contributed by atoms with Gasteiger partial charge in [0.25, 0.3) is 0 Å². The lowest BCUT2D eigenvalue weighted by Gasteiger charge is -2.24. The van der Waals surface area contributed by atoms with Crippen LogP contribution in [0.1, 0.15) is 27.7 Å². The van der Waals surface area contributed by atoms with Gasteiger partial charge in [-0.1, -0.05) is 13.8 Å². The van der Waals surface area contributed by atoms with Gasteiger partial charge in [0.1, 0.15) is 0 Å². The van der Waals surface area contributed by atoms with E-state index in [0.717, 1.165) is 19.6 Å². The van der Waals surface area contributed by atoms with Crippen molar-refractivity contribution < 1.29 is 8.42 Å². The fraction of sp³-hybridized carbons (Fsp3) is 1.00. The van der Waals surface area contributed by atoms with Gasteiger partial charge >= 0.3 is 0 Å². The van der Waals surface area contributed by atoms with Gasteiger partial charge in [0.2, 0.25) is 10.0 Å². The second-order valence-electron chi connectivity index (χ2n) is 4.10. The minimum Gasteiger partial charge on any atom is -0.329 e. The topological polar surface area (TPSA) is 75.4 Å². The Labute approximate surface area is 99.4 Å². The average Bonchev–Trinajstić information content (AvgIpc) is 2.23. The summed E-state index contributed by atoms with van der Waals surface area (Å²) in [4.78, 5) is 2.18. The largest absolute Gasteiger partial charge is 0.329 e. The highest BCUT2D eigenvalue weighted by Crippen LogP contribution is 1.99. The van der Waals surface area contributed by atoms with Crippen molar-refractivity contribution in [3.8, 4) is 0 Å². The summed E-state index contributed by atoms with van der Waals surface area (Å²) < 4.78 is 26.1. The van der Waals surface area contributed by atoms with Gasteiger partial charge in [-0.25, -0.2) is 13.1 Å². The Hall–Kier alpha value is -0.170. The first-order valence-electron chi connectivity index (χ1n) is 5.80. The van der Waals surface area contributed by atoms with Gasteiger partial charge in [-0.2, -0.15) is 0 Å². The van der Waals surface area contributed by atoms with Crippen molar-refractivity contribution >= 4 is 10.0 Å². The van der Waals surface area contributed by atoms with Gasteiger partial charge in [0, 0.05) is 19.1 Å². The Balaban J connectivity index is 4.28. The number of nitrogens with two attached hydrogens (primary N) is 1. The van der Waals surface area contributed by atoms with Crippen LogP contribution >= 0.6 is 0 Å². The molecule has 0 spiro atoms. The van der Waals surface area contributed by atoms with Crippen LogP contribution in [0.5, 0.6) is 0 Å². The third kappa shape index (κ3) is 5.25. The van der Waals surface area contributed by atoms with E-state index < -0.39 is 15.3 Å². The number of sulfonamides is 1. The number of likely N-dealkylation sites (N-methyl/N-ethyl adjacent to an activating group) is 1. The van der Waals surface area contributed by atoms with Gasteiger partial charge < -0.3 is 10.6 Å². The molecule has 2 unspecified atom stereocenters. The number of hydrogen-bond acceptors (Lipinski definition) is 4. The summed E-state index contributed by atoms with van der Waals surface area (Å²) in [6.45, 7) is 10.3. The maximum atomic E-state index is 11.7. The summed E-state index contributed by atoms with van der Waals surface area (Å²) in [5.74, 6) is 0. The molecule has 98 valence electrons. The van der Waals surface area contributed by atoms with Crippen LogP contribution in [-0.4, -0.2) is 50.8 Å². The number of nitrogens with zero attached hydrogens (tertiary/aromatic N) is 1. The van der Waals surface area contributed by atoms with E-state index in [0.29, 0.717) is 0 Å². The van der Waals surface area contributed by atoms with E-state index in [-0.39, 0.29) is 12.6 Å². The minimum atomic E-state index is -3.27. The molecule has 0 rings (SSSR count). The summed E-state index contributed by atoms with van der Waals surface area (Å²) >= 11 is 0. The van der Waals surface area contributed by atoms with E-state index >= 15 is 0 Å². The van der Waals surface area contributed by atoms with Gasteiger partial charge in [-0.15, -0.1) is 0 Å². The SMILES string of the molecule is CCN(CC)CC(C)NS(=O)(=O)C(C)CN. The predicted molar refractivity (Wildman–Crippen MR) is 67.8 cm³/mol. The molecule has 0 heterocycles. The third-order valence-corrected chi connectivity index (χ3v) is 4.64. The molecule has 6 heteroatoms. The number of hydrogen-bond donors (Lipinski definition) is 2. The average molecular weight is 251 g/mol. The molecule has 5 nitrogen and oxygen atoms in total. The molecule has 16 heavy (non-hydrogen) atoms. The Morgan fingerprint density at radius 3 is 2.12 bits per heavy atom. The Kier molecular flexibility index (Phi) is 7.14. The molecule has 0 aromatic rings. The molecule has 3 N–H and O–H groups in total. The predicted octanol–water partition coefficient (Wildman–Crippen LogP) is -0.0167. The fourth-order valence-corrected chi connectivity index (χ4v) is 2.55. The first kappa shape index (κ1) is 15.8. The van der Waals surface area contributed by atoms with Gasteiger partial charge in [-0.3, -0.25) is 0 Å². The van der Waals surface area contributed by atoms with Crippen molar-refractivity contribution in [2.24, 2.45) is 5.73 Å². The van der Waals surface area contributed by atoms with E-state index in [1.807, 2.05) is 6.92 Å². The van der Waals surface area contributed by atoms with E-state index in [4.69, 9.17) is 5.73 Å². The zero-order valence-corrected chi connectivity index (χ0v) is 11.5. The Morgan fingerprint density at radius 1 is 1.25 bits per heavy atom. The van der Waals surface area contributed by atoms with Crippen LogP contribution in [0.25, 0.3) is 0 Å². The van der Waals surface area contributed by atoms with Crippen LogP contribution in [-0.2, 0) is 10.0 Å². The first-order valence-corrected chi connectivity index (χ1v) is 7.35. The Bertz CT molecular complexity index is 276. The highest BCUT2D eigenvalue weighted by Gasteiger charge is 2.21. The van der Waals surface area contributed by atoms with Crippen LogP contribution in [0.3, 0.4) is 0 Å². The lowest BCUT2D eigenvalue weighted by molar-refractivity contribution is 0.282. The summed E-state index contributed by atoms with van der Waals surface area (Å²) in [5, 5.41) is -0.536. The van der Waals surface area contributed by atoms with Crippen LogP contribution in [0.2, 0.25) is 0 Å². The molecule has 0 aromatic carbocycles. The van der Waals surface area contributed by atoms with Crippen molar-refractivity contribution in [3.63, 3.8) is 0 Å². The van der Waals surface area contributed by atoms with Crippen LogP contribution in [0.15, 0.2) is 0 Å². The second-order valence-corrected chi connectivity index (χ2v) is 6.23. The molecular weight excluding hydrogens is 226 g/mol. The van der Waals surface area contributed by atoms with E-state index in [1.54, 1.807) is 6.92 Å². The maximum Gasteiger partial charge on any atom is 0.215 e. The van der Waals surface area contributed by atoms with Gasteiger partial charge in [0.15, 0.2) is 0 Å². The smallest absolute Gasteiger partial charge is 0.215 e. The molecule has 0 aliphatic rings. The molecule has 0 aliphatic carbocycles. The van der Waals surface area contributed by atoms with Crippen molar-refractivity contribution in [2.45, 2.75) is 39.0 Å². The van der Waals surface area contributed by atoms with E-state index in [1.165, 1.54) is 0 Å². The molecule has 0 saturated carbocycles. The van der Waals surface area contributed by atoms with Crippen molar-refractivity contribution in [1.29, 1.82) is 0 Å². The maximum absolute atomic E-state index is 11.7. The molecule has 0 amide bonds. The highest BCUT2D eigenvalue weighted by molar-refractivity contribution is 7.90. The minimum absolute atomic E-state index is 0.0844. The quantitative estimate of drug-likeness (QED) is 0.636. The van der Waals surface area contributed by atoms with E-state index in [2.05, 4.69) is 23.5 Å². The molecule has 2 atom stereocenters. The first-order chi connectivity index (χ1) is 7.37. The number of nitrogens with one attached hydrogen (secondary N) is 1. The third-order valence-electron chi connectivity index (χ3n) is 2.65. The van der Waals surface area contributed by atoms with Gasteiger partial charge in [0.05, 0.1) is 5.25 Å². The monoisotopic (exact) mass is 251 g/mol. The molecule has 0 aliphatic heterocycles. The Morgan fingerprint density at radius 2 is 1.75 bits per heavy atom. The molecule has 0 aromatic heterocycles. The molecule has 0 fully saturated rings. The zero-order valence-electron chi connectivity index (χ0n) is 10.7. The highest BCUT2D eigenvalue weighted by atomic mass is 32.2. The van der Waals surface area contributed by atoms with Crippen molar-refractivity contribution in [3.05, 3.63) is 0 Å². The lowest BCUT2D eigenvalue weighted by Crippen LogP contribution is -2.46. The molecular formula is C10H25N3O2S. The lowest BCUT2D eigenvalue weighted by atomic mass is 10.3. The summed E-state index contributed by atoms with van der Waals surface area (Å²) in [6.07, 6.45) is 0. The molecule has 0 radical (unpaired) electrons. The standard InChI is InChI=1S/C10H25N3O2S/c1-5-13(6-2)8-9(3)12-16(14,15)10(4)7-11/h9-10,12H,5-8,11H2,1-4H3.